The Morgan fingerprint density at radius 1 is 1.22 bits per heavy atom. The number of piperazine rings is 1. The average Bonchev–Trinajstić information content (AvgIpc) is 2.57. The van der Waals surface area contributed by atoms with E-state index in [-0.39, 0.29) is 25.2 Å². The molecule has 1 aliphatic rings. The zero-order valence-corrected chi connectivity index (χ0v) is 14.4. The first-order valence-corrected chi connectivity index (χ1v) is 8.38. The molecule has 0 aromatic heterocycles. The molecular weight excluding hydrogens is 292 g/mol. The molecule has 0 saturated carbocycles. The Bertz CT molecular complexity index is 521. The summed E-state index contributed by atoms with van der Waals surface area (Å²) in [5, 5.41) is 9.36. The lowest BCUT2D eigenvalue weighted by atomic mass is 10.1. The molecule has 0 aliphatic carbocycles. The highest BCUT2D eigenvalue weighted by Crippen LogP contribution is 2.16. The lowest BCUT2D eigenvalue weighted by Crippen LogP contribution is -2.53. The lowest BCUT2D eigenvalue weighted by Gasteiger charge is -2.38. The summed E-state index contributed by atoms with van der Waals surface area (Å²) >= 11 is 0. The van der Waals surface area contributed by atoms with Crippen LogP contribution in [0.25, 0.3) is 0 Å². The van der Waals surface area contributed by atoms with Crippen molar-refractivity contribution in [3.05, 3.63) is 29.3 Å². The molecule has 1 atom stereocenters. The van der Waals surface area contributed by atoms with Gasteiger partial charge in [0, 0.05) is 32.2 Å². The van der Waals surface area contributed by atoms with Crippen LogP contribution >= 0.6 is 0 Å². The van der Waals surface area contributed by atoms with Gasteiger partial charge in [0.2, 0.25) is 0 Å². The van der Waals surface area contributed by atoms with Crippen LogP contribution in [-0.2, 0) is 4.79 Å². The quantitative estimate of drug-likeness (QED) is 0.865. The first-order chi connectivity index (χ1) is 11.0. The van der Waals surface area contributed by atoms with E-state index in [9.17, 15) is 9.90 Å². The summed E-state index contributed by atoms with van der Waals surface area (Å²) < 4.78 is 5.63. The van der Waals surface area contributed by atoms with Crippen molar-refractivity contribution < 1.29 is 14.6 Å². The topological polar surface area (TPSA) is 53.0 Å². The van der Waals surface area contributed by atoms with Gasteiger partial charge in [0.25, 0.3) is 5.91 Å². The Morgan fingerprint density at radius 2 is 1.91 bits per heavy atom. The monoisotopic (exact) mass is 320 g/mol. The molecule has 1 aromatic rings. The number of hydrogen-bond acceptors (Lipinski definition) is 4. The highest BCUT2D eigenvalue weighted by atomic mass is 16.5. The van der Waals surface area contributed by atoms with Crippen molar-refractivity contribution in [2.24, 2.45) is 0 Å². The number of ether oxygens (including phenoxy) is 1. The standard InChI is InChI=1S/C18H28N2O3/c1-4-16(12-21)19-7-9-20(10-8-19)18(22)13-23-17-6-5-14(2)15(3)11-17/h5-6,11,16,21H,4,7-10,12-13H2,1-3H3. The van der Waals surface area contributed by atoms with Crippen molar-refractivity contribution in [2.45, 2.75) is 33.2 Å². The normalized spacial score (nSPS) is 17.1. The number of hydrogen-bond donors (Lipinski definition) is 1. The lowest BCUT2D eigenvalue weighted by molar-refractivity contribution is -0.135. The maximum absolute atomic E-state index is 12.3. The van der Waals surface area contributed by atoms with Crippen molar-refractivity contribution in [1.29, 1.82) is 0 Å². The van der Waals surface area contributed by atoms with Crippen LogP contribution in [0.5, 0.6) is 5.75 Å². The Balaban J connectivity index is 1.80. The fraction of sp³-hybridized carbons (Fsp3) is 0.611. The molecule has 1 N–H and O–H groups in total. The molecule has 5 nitrogen and oxygen atoms in total. The van der Waals surface area contributed by atoms with Crippen molar-refractivity contribution in [3.63, 3.8) is 0 Å². The summed E-state index contributed by atoms with van der Waals surface area (Å²) in [4.78, 5) is 16.4. The first kappa shape index (κ1) is 17.8. The van der Waals surface area contributed by atoms with Gasteiger partial charge in [0.05, 0.1) is 6.61 Å². The van der Waals surface area contributed by atoms with Crippen LogP contribution in [-0.4, -0.2) is 66.2 Å². The minimum absolute atomic E-state index is 0.0277. The first-order valence-electron chi connectivity index (χ1n) is 8.38. The molecule has 1 unspecified atom stereocenters. The number of benzene rings is 1. The molecule has 0 spiro atoms. The molecule has 1 amide bonds. The van der Waals surface area contributed by atoms with Gasteiger partial charge in [-0.1, -0.05) is 13.0 Å². The van der Waals surface area contributed by atoms with E-state index in [1.807, 2.05) is 30.0 Å². The Hall–Kier alpha value is -1.59. The largest absolute Gasteiger partial charge is 0.484 e. The van der Waals surface area contributed by atoms with Gasteiger partial charge in [-0.15, -0.1) is 0 Å². The number of amides is 1. The van der Waals surface area contributed by atoms with E-state index >= 15 is 0 Å². The van der Waals surface area contributed by atoms with Crippen LogP contribution in [0.1, 0.15) is 24.5 Å². The van der Waals surface area contributed by atoms with Crippen LogP contribution in [0.2, 0.25) is 0 Å². The minimum atomic E-state index is 0.0277. The van der Waals surface area contributed by atoms with Crippen LogP contribution < -0.4 is 4.74 Å². The molecule has 0 bridgehead atoms. The van der Waals surface area contributed by atoms with Gasteiger partial charge < -0.3 is 14.7 Å². The number of aryl methyl sites for hydroxylation is 2. The number of aliphatic hydroxyl groups excluding tert-OH is 1. The summed E-state index contributed by atoms with van der Waals surface area (Å²) in [7, 11) is 0. The van der Waals surface area contributed by atoms with Gasteiger partial charge in [-0.05, 0) is 43.5 Å². The van der Waals surface area contributed by atoms with Crippen molar-refractivity contribution in [2.75, 3.05) is 39.4 Å². The molecule has 1 aromatic carbocycles. The number of carbonyl (C=O) groups is 1. The van der Waals surface area contributed by atoms with Crippen LogP contribution in [0.3, 0.4) is 0 Å². The molecule has 128 valence electrons. The SMILES string of the molecule is CCC(CO)N1CCN(C(=O)COc2ccc(C)c(C)c2)CC1. The number of nitrogens with zero attached hydrogens (tertiary/aromatic N) is 2. The molecule has 23 heavy (non-hydrogen) atoms. The molecular formula is C18H28N2O3. The second-order valence-corrected chi connectivity index (χ2v) is 6.20. The Morgan fingerprint density at radius 3 is 2.48 bits per heavy atom. The van der Waals surface area contributed by atoms with Crippen molar-refractivity contribution >= 4 is 5.91 Å². The zero-order valence-electron chi connectivity index (χ0n) is 14.4. The minimum Gasteiger partial charge on any atom is -0.484 e. The third-order valence-corrected chi connectivity index (χ3v) is 4.71. The molecule has 2 rings (SSSR count). The molecule has 0 radical (unpaired) electrons. The van der Waals surface area contributed by atoms with Gasteiger partial charge in [-0.2, -0.15) is 0 Å². The van der Waals surface area contributed by atoms with Gasteiger partial charge in [0.1, 0.15) is 5.75 Å². The summed E-state index contributed by atoms with van der Waals surface area (Å²) in [6.07, 6.45) is 0.931. The second kappa shape index (κ2) is 8.31. The van der Waals surface area contributed by atoms with Gasteiger partial charge >= 0.3 is 0 Å². The second-order valence-electron chi connectivity index (χ2n) is 6.20. The number of aliphatic hydroxyl groups is 1. The fourth-order valence-electron chi connectivity index (χ4n) is 2.88. The summed E-state index contributed by atoms with van der Waals surface area (Å²) in [6.45, 7) is 9.46. The zero-order chi connectivity index (χ0) is 16.8. The van der Waals surface area contributed by atoms with Gasteiger partial charge in [0.15, 0.2) is 6.61 Å². The third kappa shape index (κ3) is 4.69. The third-order valence-electron chi connectivity index (χ3n) is 4.71. The number of rotatable bonds is 6. The Labute approximate surface area is 138 Å². The predicted molar refractivity (Wildman–Crippen MR) is 90.7 cm³/mol. The van der Waals surface area contributed by atoms with E-state index in [1.54, 1.807) is 0 Å². The van der Waals surface area contributed by atoms with Crippen LogP contribution in [0.4, 0.5) is 0 Å². The predicted octanol–water partition coefficient (Wildman–Crippen LogP) is 1.60. The highest BCUT2D eigenvalue weighted by molar-refractivity contribution is 5.77. The summed E-state index contributed by atoms with van der Waals surface area (Å²) in [6, 6.07) is 6.08. The van der Waals surface area contributed by atoms with Crippen LogP contribution in [0.15, 0.2) is 18.2 Å². The van der Waals surface area contributed by atoms with Crippen molar-refractivity contribution in [3.8, 4) is 5.75 Å². The summed E-state index contributed by atoms with van der Waals surface area (Å²) in [5.74, 6) is 0.770. The van der Waals surface area contributed by atoms with E-state index in [0.717, 1.165) is 30.8 Å². The van der Waals surface area contributed by atoms with Crippen LogP contribution in [0, 0.1) is 13.8 Å². The maximum atomic E-state index is 12.3. The van der Waals surface area contributed by atoms with E-state index < -0.39 is 0 Å². The molecule has 1 heterocycles. The molecule has 1 aliphatic heterocycles. The fourth-order valence-corrected chi connectivity index (χ4v) is 2.88. The van der Waals surface area contributed by atoms with E-state index in [0.29, 0.717) is 13.1 Å². The molecule has 1 fully saturated rings. The maximum Gasteiger partial charge on any atom is 0.260 e. The van der Waals surface area contributed by atoms with E-state index in [2.05, 4.69) is 18.7 Å². The summed E-state index contributed by atoms with van der Waals surface area (Å²) in [5.41, 5.74) is 2.38. The van der Waals surface area contributed by atoms with E-state index in [1.165, 1.54) is 5.56 Å². The average molecular weight is 320 g/mol. The smallest absolute Gasteiger partial charge is 0.260 e. The van der Waals surface area contributed by atoms with Gasteiger partial charge in [-0.25, -0.2) is 0 Å². The highest BCUT2D eigenvalue weighted by Gasteiger charge is 2.25. The number of carbonyl (C=O) groups excluding carboxylic acids is 1. The van der Waals surface area contributed by atoms with E-state index in [4.69, 9.17) is 4.74 Å². The van der Waals surface area contributed by atoms with Crippen molar-refractivity contribution in [1.82, 2.24) is 9.80 Å². The Kier molecular flexibility index (Phi) is 6.42. The molecule has 1 saturated heterocycles. The van der Waals surface area contributed by atoms with Gasteiger partial charge in [-0.3, -0.25) is 9.69 Å². The molecule has 5 heteroatoms.